The molecule has 0 radical (unpaired) electrons. The van der Waals surface area contributed by atoms with Crippen molar-refractivity contribution >= 4 is 0 Å². The molecule has 0 aliphatic rings. The van der Waals surface area contributed by atoms with Gasteiger partial charge >= 0.3 is 0 Å². The van der Waals surface area contributed by atoms with Gasteiger partial charge in [0.1, 0.15) is 11.6 Å². The Bertz CT molecular complexity index is 374. The summed E-state index contributed by atoms with van der Waals surface area (Å²) in [5.74, 6) is -0.0767. The molecule has 1 aromatic carbocycles. The second kappa shape index (κ2) is 5.66. The van der Waals surface area contributed by atoms with E-state index in [1.54, 1.807) is 12.1 Å². The van der Waals surface area contributed by atoms with E-state index in [1.807, 2.05) is 6.92 Å². The third kappa shape index (κ3) is 2.83. The first-order valence-corrected chi connectivity index (χ1v) is 5.27. The van der Waals surface area contributed by atoms with Crippen molar-refractivity contribution < 1.29 is 14.2 Å². The van der Waals surface area contributed by atoms with E-state index in [2.05, 4.69) is 6.58 Å². The highest BCUT2D eigenvalue weighted by atomic mass is 19.1. The number of ether oxygens (including phenoxy) is 1. The summed E-state index contributed by atoms with van der Waals surface area (Å²) in [6.07, 6.45) is 0.227. The third-order valence-electron chi connectivity index (χ3n) is 2.55. The highest BCUT2D eigenvalue weighted by Crippen LogP contribution is 2.31. The number of hydrogen-bond acceptors (Lipinski definition) is 2. The Morgan fingerprint density at radius 2 is 2.25 bits per heavy atom. The van der Waals surface area contributed by atoms with Gasteiger partial charge in [-0.15, -0.1) is 0 Å². The molecule has 0 aliphatic carbocycles. The summed E-state index contributed by atoms with van der Waals surface area (Å²) >= 11 is 0. The van der Waals surface area contributed by atoms with Gasteiger partial charge in [-0.3, -0.25) is 0 Å². The summed E-state index contributed by atoms with van der Waals surface area (Å²) in [6, 6.07) is 4.51. The standard InChI is InChI=1S/C13H17FO2/c1-4-9(2)8-11(15)13-10(14)6-5-7-12(13)16-3/h5-7,11,15H,2,4,8H2,1,3H3. The lowest BCUT2D eigenvalue weighted by molar-refractivity contribution is 0.168. The first-order valence-electron chi connectivity index (χ1n) is 5.27. The molecule has 1 unspecified atom stereocenters. The van der Waals surface area contributed by atoms with Crippen LogP contribution >= 0.6 is 0 Å². The topological polar surface area (TPSA) is 29.5 Å². The molecule has 0 bridgehead atoms. The number of hydrogen-bond donors (Lipinski definition) is 1. The average molecular weight is 224 g/mol. The van der Waals surface area contributed by atoms with Gasteiger partial charge in [0.15, 0.2) is 0 Å². The second-order valence-corrected chi connectivity index (χ2v) is 3.68. The number of rotatable bonds is 5. The Balaban J connectivity index is 2.97. The number of methoxy groups -OCH3 is 1. The van der Waals surface area contributed by atoms with Gasteiger partial charge < -0.3 is 9.84 Å². The molecule has 88 valence electrons. The lowest BCUT2D eigenvalue weighted by Gasteiger charge is -2.16. The van der Waals surface area contributed by atoms with Crippen molar-refractivity contribution in [2.24, 2.45) is 0 Å². The van der Waals surface area contributed by atoms with E-state index in [4.69, 9.17) is 4.74 Å². The Morgan fingerprint density at radius 1 is 1.56 bits per heavy atom. The molecule has 2 nitrogen and oxygen atoms in total. The van der Waals surface area contributed by atoms with Crippen LogP contribution in [0.2, 0.25) is 0 Å². The van der Waals surface area contributed by atoms with Crippen LogP contribution in [-0.4, -0.2) is 12.2 Å². The molecule has 1 rings (SSSR count). The quantitative estimate of drug-likeness (QED) is 0.778. The predicted molar refractivity (Wildman–Crippen MR) is 62.0 cm³/mol. The molecule has 1 atom stereocenters. The van der Waals surface area contributed by atoms with Gasteiger partial charge in [-0.05, 0) is 25.0 Å². The zero-order valence-corrected chi connectivity index (χ0v) is 9.66. The molecule has 1 N–H and O–H groups in total. The molecule has 0 aliphatic heterocycles. The van der Waals surface area contributed by atoms with Crippen LogP contribution in [0, 0.1) is 5.82 Å². The first-order chi connectivity index (χ1) is 7.60. The summed E-state index contributed by atoms with van der Waals surface area (Å²) in [4.78, 5) is 0. The lowest BCUT2D eigenvalue weighted by Crippen LogP contribution is -2.04. The van der Waals surface area contributed by atoms with Crippen molar-refractivity contribution in [3.63, 3.8) is 0 Å². The van der Waals surface area contributed by atoms with Gasteiger partial charge in [-0.2, -0.15) is 0 Å². The summed E-state index contributed by atoms with van der Waals surface area (Å²) in [5.41, 5.74) is 1.09. The minimum Gasteiger partial charge on any atom is -0.496 e. The molecule has 1 aromatic rings. The summed E-state index contributed by atoms with van der Waals surface area (Å²) in [5, 5.41) is 9.93. The van der Waals surface area contributed by atoms with Crippen LogP contribution in [0.1, 0.15) is 31.4 Å². The first kappa shape index (κ1) is 12.7. The Labute approximate surface area is 95.4 Å². The number of benzene rings is 1. The second-order valence-electron chi connectivity index (χ2n) is 3.68. The lowest BCUT2D eigenvalue weighted by atomic mass is 10.00. The number of halogens is 1. The molecule has 0 heterocycles. The van der Waals surface area contributed by atoms with E-state index < -0.39 is 11.9 Å². The maximum absolute atomic E-state index is 13.6. The molecule has 0 amide bonds. The highest BCUT2D eigenvalue weighted by molar-refractivity contribution is 5.36. The van der Waals surface area contributed by atoms with Crippen LogP contribution in [0.4, 0.5) is 4.39 Å². The summed E-state index contributed by atoms with van der Waals surface area (Å²) < 4.78 is 18.6. The molecule has 0 aromatic heterocycles. The van der Waals surface area contributed by atoms with Gasteiger partial charge in [-0.1, -0.05) is 25.1 Å². The maximum atomic E-state index is 13.6. The van der Waals surface area contributed by atoms with E-state index in [0.717, 1.165) is 12.0 Å². The Morgan fingerprint density at radius 3 is 2.81 bits per heavy atom. The predicted octanol–water partition coefficient (Wildman–Crippen LogP) is 3.22. The molecule has 3 heteroatoms. The van der Waals surface area contributed by atoms with Crippen molar-refractivity contribution in [3.8, 4) is 5.75 Å². The van der Waals surface area contributed by atoms with Crippen LogP contribution in [0.15, 0.2) is 30.4 Å². The van der Waals surface area contributed by atoms with Crippen LogP contribution in [0.5, 0.6) is 5.75 Å². The summed E-state index contributed by atoms with van der Waals surface area (Å²) in [6.45, 7) is 5.75. The van der Waals surface area contributed by atoms with Gasteiger partial charge in [-0.25, -0.2) is 4.39 Å². The zero-order chi connectivity index (χ0) is 12.1. The van der Waals surface area contributed by atoms with Crippen LogP contribution in [-0.2, 0) is 0 Å². The molecule has 16 heavy (non-hydrogen) atoms. The summed E-state index contributed by atoms with van der Waals surface area (Å²) in [7, 11) is 1.46. The van der Waals surface area contributed by atoms with E-state index in [-0.39, 0.29) is 5.56 Å². The normalized spacial score (nSPS) is 12.2. The van der Waals surface area contributed by atoms with Crippen molar-refractivity contribution in [1.29, 1.82) is 0 Å². The Kier molecular flexibility index (Phi) is 4.50. The van der Waals surface area contributed by atoms with E-state index >= 15 is 0 Å². The number of aliphatic hydroxyl groups is 1. The molecule has 0 saturated carbocycles. The van der Waals surface area contributed by atoms with Crippen LogP contribution in [0.25, 0.3) is 0 Å². The van der Waals surface area contributed by atoms with E-state index in [9.17, 15) is 9.50 Å². The molecular formula is C13H17FO2. The average Bonchev–Trinajstić information content (AvgIpc) is 2.28. The molecular weight excluding hydrogens is 207 g/mol. The minimum absolute atomic E-state index is 0.208. The van der Waals surface area contributed by atoms with Gasteiger partial charge in [0.25, 0.3) is 0 Å². The molecule has 0 saturated heterocycles. The fraction of sp³-hybridized carbons (Fsp3) is 0.385. The van der Waals surface area contributed by atoms with Crippen molar-refractivity contribution in [3.05, 3.63) is 41.7 Å². The fourth-order valence-electron chi connectivity index (χ4n) is 1.54. The molecule has 0 fully saturated rings. The van der Waals surface area contributed by atoms with Gasteiger partial charge in [0, 0.05) is 0 Å². The largest absolute Gasteiger partial charge is 0.496 e. The van der Waals surface area contributed by atoms with Gasteiger partial charge in [0.2, 0.25) is 0 Å². The Hall–Kier alpha value is -1.35. The SMILES string of the molecule is C=C(CC)CC(O)c1c(F)cccc1OC. The van der Waals surface area contributed by atoms with E-state index in [1.165, 1.54) is 13.2 Å². The van der Waals surface area contributed by atoms with Gasteiger partial charge in [0.05, 0.1) is 18.8 Å². The smallest absolute Gasteiger partial charge is 0.132 e. The zero-order valence-electron chi connectivity index (χ0n) is 9.66. The fourth-order valence-corrected chi connectivity index (χ4v) is 1.54. The van der Waals surface area contributed by atoms with Crippen molar-refractivity contribution in [2.75, 3.05) is 7.11 Å². The maximum Gasteiger partial charge on any atom is 0.132 e. The number of aliphatic hydroxyl groups excluding tert-OH is 1. The third-order valence-corrected chi connectivity index (χ3v) is 2.55. The minimum atomic E-state index is -0.899. The molecule has 0 spiro atoms. The van der Waals surface area contributed by atoms with Crippen LogP contribution in [0.3, 0.4) is 0 Å². The van der Waals surface area contributed by atoms with Crippen molar-refractivity contribution in [2.45, 2.75) is 25.9 Å². The highest BCUT2D eigenvalue weighted by Gasteiger charge is 2.18. The van der Waals surface area contributed by atoms with E-state index in [0.29, 0.717) is 12.2 Å². The van der Waals surface area contributed by atoms with Crippen molar-refractivity contribution in [1.82, 2.24) is 0 Å². The van der Waals surface area contributed by atoms with Crippen LogP contribution < -0.4 is 4.74 Å². The monoisotopic (exact) mass is 224 g/mol.